The van der Waals surface area contributed by atoms with Gasteiger partial charge in [-0.2, -0.15) is 0 Å². The molecule has 8 atom stereocenters. The van der Waals surface area contributed by atoms with Crippen molar-refractivity contribution in [2.24, 2.45) is 0 Å². The van der Waals surface area contributed by atoms with Crippen molar-refractivity contribution in [1.82, 2.24) is 0 Å². The van der Waals surface area contributed by atoms with Crippen LogP contribution in [-0.2, 0) is 14.3 Å². The highest BCUT2D eigenvalue weighted by molar-refractivity contribution is 5.90. The number of carbonyl (C=O) groups excluding carboxylic acids is 1. The van der Waals surface area contributed by atoms with Gasteiger partial charge in [0.15, 0.2) is 0 Å². The number of esters is 1. The van der Waals surface area contributed by atoms with E-state index in [4.69, 9.17) is 9.47 Å². The van der Waals surface area contributed by atoms with E-state index in [0.29, 0.717) is 50.5 Å². The van der Waals surface area contributed by atoms with E-state index in [2.05, 4.69) is 6.92 Å². The first-order valence-corrected chi connectivity index (χ1v) is 17.7. The topological polar surface area (TPSA) is 137 Å². The Morgan fingerprint density at radius 1 is 0.721 bits per heavy atom. The summed E-state index contributed by atoms with van der Waals surface area (Å²) in [6, 6.07) is 0. The minimum atomic E-state index is -0.826. The third kappa shape index (κ3) is 16.7. The zero-order valence-electron chi connectivity index (χ0n) is 27.2. The average Bonchev–Trinajstić information content (AvgIpc) is 3.56. The maximum absolute atomic E-state index is 11.7. The molecule has 2 heterocycles. The van der Waals surface area contributed by atoms with Crippen molar-refractivity contribution >= 4 is 5.97 Å². The molecule has 0 aromatic heterocycles. The molecule has 5 N–H and O–H groups in total. The Morgan fingerprint density at radius 3 is 1.91 bits per heavy atom. The minimum Gasteiger partial charge on any atom is -0.455 e. The predicted molar refractivity (Wildman–Crippen MR) is 170 cm³/mol. The highest BCUT2D eigenvalue weighted by atomic mass is 16.5. The van der Waals surface area contributed by atoms with Crippen LogP contribution in [0.3, 0.4) is 0 Å². The first-order valence-electron chi connectivity index (χ1n) is 17.7. The Bertz CT molecular complexity index is 758. The van der Waals surface area contributed by atoms with Crippen LogP contribution in [0.4, 0.5) is 0 Å². The Hall–Kier alpha value is -1.03. The fourth-order valence-electron chi connectivity index (χ4n) is 6.44. The number of hydrogen-bond acceptors (Lipinski definition) is 8. The second-order valence-corrected chi connectivity index (χ2v) is 13.3. The van der Waals surface area contributed by atoms with Crippen LogP contribution in [0.25, 0.3) is 0 Å². The fraction of sp³-hybridized carbons (Fsp3) is 0.914. The number of rotatable bonds is 26. The van der Waals surface area contributed by atoms with Gasteiger partial charge in [0.05, 0.1) is 42.7 Å². The first kappa shape index (κ1) is 38.2. The van der Waals surface area contributed by atoms with Gasteiger partial charge in [-0.15, -0.1) is 0 Å². The highest BCUT2D eigenvalue weighted by Crippen LogP contribution is 2.28. The van der Waals surface area contributed by atoms with Gasteiger partial charge in [-0.1, -0.05) is 90.4 Å². The first-order chi connectivity index (χ1) is 20.7. The van der Waals surface area contributed by atoms with Crippen molar-refractivity contribution in [1.29, 1.82) is 0 Å². The lowest BCUT2D eigenvalue weighted by molar-refractivity contribution is -0.139. The van der Waals surface area contributed by atoms with Crippen molar-refractivity contribution in [2.45, 2.75) is 204 Å². The lowest BCUT2D eigenvalue weighted by Gasteiger charge is -2.23. The normalized spacial score (nSPS) is 24.0. The molecule has 0 spiro atoms. The van der Waals surface area contributed by atoms with Gasteiger partial charge in [0.25, 0.3) is 0 Å². The minimum absolute atomic E-state index is 0.0786. The van der Waals surface area contributed by atoms with Crippen LogP contribution < -0.4 is 0 Å². The van der Waals surface area contributed by atoms with E-state index in [1.807, 2.05) is 0 Å². The lowest BCUT2D eigenvalue weighted by Crippen LogP contribution is -2.31. The van der Waals surface area contributed by atoms with Crippen LogP contribution in [-0.4, -0.2) is 80.3 Å². The van der Waals surface area contributed by atoms with Gasteiger partial charge >= 0.3 is 5.97 Å². The Balaban J connectivity index is 1.46. The van der Waals surface area contributed by atoms with Gasteiger partial charge < -0.3 is 35.0 Å². The number of hydrogen-bond donors (Lipinski definition) is 5. The predicted octanol–water partition coefficient (Wildman–Crippen LogP) is 6.03. The smallest absolute Gasteiger partial charge is 0.334 e. The van der Waals surface area contributed by atoms with Crippen molar-refractivity contribution < 1.29 is 39.8 Å². The molecule has 8 heteroatoms. The summed E-state index contributed by atoms with van der Waals surface area (Å²) >= 11 is 0. The van der Waals surface area contributed by atoms with Gasteiger partial charge in [0.2, 0.25) is 0 Å². The van der Waals surface area contributed by atoms with Gasteiger partial charge in [-0.3, -0.25) is 0 Å². The summed E-state index contributed by atoms with van der Waals surface area (Å²) in [6.45, 7) is 4.04. The molecule has 0 aromatic rings. The summed E-state index contributed by atoms with van der Waals surface area (Å²) in [6.07, 6.45) is 17.9. The summed E-state index contributed by atoms with van der Waals surface area (Å²) in [7, 11) is 0. The third-order valence-corrected chi connectivity index (χ3v) is 9.18. The van der Waals surface area contributed by atoms with Crippen molar-refractivity contribution in [3.8, 4) is 0 Å². The molecule has 0 saturated carbocycles. The van der Waals surface area contributed by atoms with E-state index in [0.717, 1.165) is 44.9 Å². The quantitative estimate of drug-likeness (QED) is 0.0590. The number of carbonyl (C=O) groups is 1. The Morgan fingerprint density at radius 2 is 1.28 bits per heavy atom. The third-order valence-electron chi connectivity index (χ3n) is 9.18. The highest BCUT2D eigenvalue weighted by Gasteiger charge is 2.32. The van der Waals surface area contributed by atoms with E-state index in [9.17, 15) is 30.3 Å². The van der Waals surface area contributed by atoms with Crippen LogP contribution in [0.5, 0.6) is 0 Å². The summed E-state index contributed by atoms with van der Waals surface area (Å²) in [4.78, 5) is 11.7. The van der Waals surface area contributed by atoms with Crippen LogP contribution in [0.15, 0.2) is 11.6 Å². The monoisotopic (exact) mass is 612 g/mol. The summed E-state index contributed by atoms with van der Waals surface area (Å²) < 4.78 is 11.1. The maximum atomic E-state index is 11.7. The number of unbranched alkanes of at least 4 members (excludes halogenated alkanes) is 11. The molecule has 2 rings (SSSR count). The lowest BCUT2D eigenvalue weighted by atomic mass is 9.97. The molecular formula is C35H64O8. The molecule has 0 unspecified atom stereocenters. The molecule has 43 heavy (non-hydrogen) atoms. The fourth-order valence-corrected chi connectivity index (χ4v) is 6.44. The molecule has 252 valence electrons. The molecule has 8 nitrogen and oxygen atoms in total. The summed E-state index contributed by atoms with van der Waals surface area (Å²) in [5.41, 5.74) is 0.559. The Labute approximate surface area is 261 Å². The Kier molecular flexibility index (Phi) is 19.9. The zero-order valence-corrected chi connectivity index (χ0v) is 27.2. The van der Waals surface area contributed by atoms with E-state index in [1.165, 1.54) is 51.4 Å². The van der Waals surface area contributed by atoms with Gasteiger partial charge in [-0.25, -0.2) is 4.79 Å². The van der Waals surface area contributed by atoms with E-state index < -0.39 is 30.5 Å². The molecule has 1 saturated heterocycles. The van der Waals surface area contributed by atoms with E-state index >= 15 is 0 Å². The van der Waals surface area contributed by atoms with Crippen LogP contribution in [0.1, 0.15) is 155 Å². The zero-order chi connectivity index (χ0) is 31.5. The number of aliphatic hydroxyl groups excluding tert-OH is 5. The van der Waals surface area contributed by atoms with Crippen LogP contribution in [0.2, 0.25) is 0 Å². The largest absolute Gasteiger partial charge is 0.455 e. The molecule has 0 radical (unpaired) electrons. The molecule has 0 aromatic carbocycles. The molecular weight excluding hydrogens is 548 g/mol. The van der Waals surface area contributed by atoms with Crippen molar-refractivity contribution in [3.05, 3.63) is 11.6 Å². The van der Waals surface area contributed by atoms with Crippen molar-refractivity contribution in [3.63, 3.8) is 0 Å². The van der Waals surface area contributed by atoms with Crippen LogP contribution >= 0.6 is 0 Å². The van der Waals surface area contributed by atoms with Crippen molar-refractivity contribution in [2.75, 3.05) is 0 Å². The number of cyclic esters (lactones) is 1. The van der Waals surface area contributed by atoms with E-state index in [1.54, 1.807) is 13.0 Å². The summed E-state index contributed by atoms with van der Waals surface area (Å²) in [5, 5.41) is 52.1. The molecule has 2 aliphatic rings. The SMILES string of the molecule is CCCCCCCCCCCC[C@H](O)[C@@H](O)CC[C@H](O)[C@@H]1CC[C@@H](C[C@H](O)CCCCC[C@@H](O)CC2=C[C@H](C)OC2=O)O1. The number of ether oxygens (including phenoxy) is 2. The molecule has 0 aliphatic carbocycles. The van der Waals surface area contributed by atoms with E-state index in [-0.39, 0.29) is 24.3 Å². The standard InChI is InChI=1S/C35H64O8/c1-3-4-5-6-7-8-9-10-11-15-18-31(38)32(39)20-21-33(40)34-22-19-30(43-34)25-29(37)17-14-12-13-16-28(36)24-27-23-26(2)42-35(27)41/h23,26,28-34,36-40H,3-22,24-25H2,1-2H3/t26-,28+,29+,30-,31-,32-,33-,34-/m0/s1. The summed E-state index contributed by atoms with van der Waals surface area (Å²) in [5.74, 6) is -0.329. The average molecular weight is 613 g/mol. The second kappa shape index (κ2) is 22.5. The number of aliphatic hydroxyl groups is 5. The van der Waals surface area contributed by atoms with Crippen LogP contribution in [0, 0.1) is 0 Å². The van der Waals surface area contributed by atoms with Gasteiger partial charge in [-0.05, 0) is 64.4 Å². The molecule has 0 bridgehead atoms. The van der Waals surface area contributed by atoms with Gasteiger partial charge in [0, 0.05) is 12.0 Å². The van der Waals surface area contributed by atoms with Gasteiger partial charge in [0.1, 0.15) is 6.10 Å². The molecule has 1 fully saturated rings. The molecule has 2 aliphatic heterocycles. The molecule has 0 amide bonds. The maximum Gasteiger partial charge on any atom is 0.334 e. The second-order valence-electron chi connectivity index (χ2n) is 13.3.